The summed E-state index contributed by atoms with van der Waals surface area (Å²) in [6.07, 6.45) is 7.38. The number of nitrogens with one attached hydrogen (secondary N) is 1. The predicted molar refractivity (Wildman–Crippen MR) is 102 cm³/mol. The van der Waals surface area contributed by atoms with E-state index in [-0.39, 0.29) is 16.8 Å². The van der Waals surface area contributed by atoms with E-state index in [1.165, 1.54) is 28.5 Å². The number of nitrogens with zero attached hydrogens (tertiary/aromatic N) is 2. The Bertz CT molecular complexity index is 755. The van der Waals surface area contributed by atoms with Gasteiger partial charge in [0, 0.05) is 31.7 Å². The molecule has 1 aromatic rings. The number of rotatable bonds is 4. The van der Waals surface area contributed by atoms with Gasteiger partial charge in [0.05, 0.1) is 0 Å². The molecule has 3 saturated heterocycles. The molecule has 0 bridgehead atoms. The number of carbonyl (C=O) groups is 1. The molecule has 1 N–H and O–H groups in total. The maximum absolute atomic E-state index is 13.0. The lowest BCUT2D eigenvalue weighted by Crippen LogP contribution is -2.47. The fourth-order valence-electron chi connectivity index (χ4n) is 4.56. The van der Waals surface area contributed by atoms with Crippen molar-refractivity contribution in [1.82, 2.24) is 14.5 Å². The van der Waals surface area contributed by atoms with Crippen molar-refractivity contribution in [2.45, 2.75) is 61.9 Å². The minimum absolute atomic E-state index is 0.135. The van der Waals surface area contributed by atoms with Crippen LogP contribution in [0.5, 0.6) is 0 Å². The molecule has 3 aliphatic rings. The second kappa shape index (κ2) is 7.58. The van der Waals surface area contributed by atoms with E-state index in [0.29, 0.717) is 24.0 Å². The zero-order chi connectivity index (χ0) is 18.1. The average Bonchev–Trinajstić information content (AvgIpc) is 3.30. The highest BCUT2D eigenvalue weighted by Crippen LogP contribution is 2.30. The van der Waals surface area contributed by atoms with Gasteiger partial charge >= 0.3 is 0 Å². The van der Waals surface area contributed by atoms with E-state index < -0.39 is 10.0 Å². The van der Waals surface area contributed by atoms with Crippen LogP contribution in [0.4, 0.5) is 0 Å². The van der Waals surface area contributed by atoms with Gasteiger partial charge in [-0.25, -0.2) is 8.42 Å². The molecule has 2 unspecified atom stereocenters. The number of thiophene rings is 1. The lowest BCUT2D eigenvalue weighted by atomic mass is 9.99. The largest absolute Gasteiger partial charge is 0.347 e. The topological polar surface area (TPSA) is 69.7 Å². The quantitative estimate of drug-likeness (QED) is 0.846. The van der Waals surface area contributed by atoms with Gasteiger partial charge in [0.15, 0.2) is 0 Å². The zero-order valence-electron chi connectivity index (χ0n) is 15.0. The summed E-state index contributed by atoms with van der Waals surface area (Å²) in [7, 11) is -3.58. The Morgan fingerprint density at radius 2 is 1.81 bits per heavy atom. The van der Waals surface area contributed by atoms with Crippen molar-refractivity contribution >= 4 is 27.3 Å². The molecule has 0 aromatic carbocycles. The summed E-state index contributed by atoms with van der Waals surface area (Å²) in [5.74, 6) is -0.229. The van der Waals surface area contributed by atoms with E-state index in [0.717, 1.165) is 45.2 Å². The summed E-state index contributed by atoms with van der Waals surface area (Å²) < 4.78 is 27.5. The molecule has 0 saturated carbocycles. The van der Waals surface area contributed by atoms with E-state index in [9.17, 15) is 13.2 Å². The van der Waals surface area contributed by atoms with Gasteiger partial charge in [0.1, 0.15) is 9.77 Å². The smallest absolute Gasteiger partial charge is 0.263 e. The number of hydrogen-bond donors (Lipinski definition) is 1. The number of piperidine rings is 2. The summed E-state index contributed by atoms with van der Waals surface area (Å²) in [6, 6.07) is 2.13. The zero-order valence-corrected chi connectivity index (χ0v) is 16.7. The molecule has 3 fully saturated rings. The van der Waals surface area contributed by atoms with Crippen LogP contribution in [0.1, 0.15) is 54.6 Å². The number of carbonyl (C=O) groups excluding carboxylic acids is 1. The Hall–Kier alpha value is -0.960. The van der Waals surface area contributed by atoms with Gasteiger partial charge in [-0.3, -0.25) is 9.69 Å². The molecule has 4 heterocycles. The van der Waals surface area contributed by atoms with Crippen LogP contribution < -0.4 is 5.32 Å². The Morgan fingerprint density at radius 1 is 1.04 bits per heavy atom. The first-order chi connectivity index (χ1) is 12.6. The van der Waals surface area contributed by atoms with Crippen molar-refractivity contribution in [3.05, 3.63) is 16.3 Å². The molecule has 0 spiro atoms. The van der Waals surface area contributed by atoms with E-state index >= 15 is 0 Å². The molecule has 1 amide bonds. The van der Waals surface area contributed by atoms with Gasteiger partial charge in [-0.05, 0) is 50.1 Å². The van der Waals surface area contributed by atoms with Crippen molar-refractivity contribution < 1.29 is 13.2 Å². The number of amides is 1. The van der Waals surface area contributed by atoms with Gasteiger partial charge < -0.3 is 5.32 Å². The molecule has 0 radical (unpaired) electrons. The molecular formula is C18H27N3O3S2. The molecule has 2 atom stereocenters. The lowest BCUT2D eigenvalue weighted by molar-refractivity contribution is 0.0916. The first-order valence-corrected chi connectivity index (χ1v) is 12.0. The molecule has 144 valence electrons. The number of hydrogen-bond acceptors (Lipinski definition) is 5. The molecule has 26 heavy (non-hydrogen) atoms. The van der Waals surface area contributed by atoms with Crippen molar-refractivity contribution in [1.29, 1.82) is 0 Å². The van der Waals surface area contributed by atoms with Gasteiger partial charge in [0.2, 0.25) is 10.0 Å². The molecule has 4 rings (SSSR count). The first kappa shape index (κ1) is 18.4. The third-order valence-electron chi connectivity index (χ3n) is 5.94. The van der Waals surface area contributed by atoms with Gasteiger partial charge in [-0.15, -0.1) is 11.3 Å². The van der Waals surface area contributed by atoms with E-state index in [2.05, 4.69) is 10.2 Å². The molecule has 3 aliphatic heterocycles. The normalized spacial score (nSPS) is 28.0. The summed E-state index contributed by atoms with van der Waals surface area (Å²) >= 11 is 1.23. The second-order valence-corrected chi connectivity index (χ2v) is 10.4. The summed E-state index contributed by atoms with van der Waals surface area (Å²) in [6.45, 7) is 3.25. The van der Waals surface area contributed by atoms with Crippen LogP contribution in [0.15, 0.2) is 16.3 Å². The number of sulfonamides is 1. The fourth-order valence-corrected chi connectivity index (χ4v) is 7.38. The van der Waals surface area contributed by atoms with Crippen molar-refractivity contribution in [2.75, 3.05) is 26.2 Å². The standard InChI is InChI=1S/C18H27N3O3S2/c22-18(19-14-7-12-20-9-5-2-6-15(14)20)17-16(8-13-25-17)26(23,24)21-10-3-1-4-11-21/h8,13-15H,1-7,9-12H2,(H,19,22). The van der Waals surface area contributed by atoms with Crippen molar-refractivity contribution in [2.24, 2.45) is 0 Å². The van der Waals surface area contributed by atoms with Gasteiger partial charge in [-0.1, -0.05) is 12.8 Å². The average molecular weight is 398 g/mol. The van der Waals surface area contributed by atoms with Crippen LogP contribution in [0.3, 0.4) is 0 Å². The highest BCUT2D eigenvalue weighted by molar-refractivity contribution is 7.89. The summed E-state index contributed by atoms with van der Waals surface area (Å²) in [4.78, 5) is 15.9. The molecule has 6 nitrogen and oxygen atoms in total. The van der Waals surface area contributed by atoms with Crippen LogP contribution in [0.2, 0.25) is 0 Å². The SMILES string of the molecule is O=C(NC1CCN2CCCCC12)c1sccc1S(=O)(=O)N1CCCCC1. The van der Waals surface area contributed by atoms with Crippen molar-refractivity contribution in [3.63, 3.8) is 0 Å². The minimum Gasteiger partial charge on any atom is -0.347 e. The third kappa shape index (κ3) is 3.44. The monoisotopic (exact) mass is 397 g/mol. The summed E-state index contributed by atoms with van der Waals surface area (Å²) in [5.41, 5.74) is 0. The summed E-state index contributed by atoms with van der Waals surface area (Å²) in [5, 5.41) is 4.86. The first-order valence-electron chi connectivity index (χ1n) is 9.70. The highest BCUT2D eigenvalue weighted by Gasteiger charge is 2.37. The third-order valence-corrected chi connectivity index (χ3v) is 8.92. The maximum atomic E-state index is 13.0. The van der Waals surface area contributed by atoms with E-state index in [1.54, 1.807) is 11.4 Å². The Balaban J connectivity index is 1.50. The van der Waals surface area contributed by atoms with E-state index in [4.69, 9.17) is 0 Å². The Kier molecular flexibility index (Phi) is 5.36. The molecular weight excluding hydrogens is 370 g/mol. The molecule has 8 heteroatoms. The minimum atomic E-state index is -3.58. The molecule has 0 aliphatic carbocycles. The van der Waals surface area contributed by atoms with E-state index in [1.807, 2.05) is 0 Å². The van der Waals surface area contributed by atoms with Crippen LogP contribution in [-0.2, 0) is 10.0 Å². The fraction of sp³-hybridized carbons (Fsp3) is 0.722. The maximum Gasteiger partial charge on any atom is 0.263 e. The Labute approximate surface area is 159 Å². The van der Waals surface area contributed by atoms with Crippen LogP contribution in [0.25, 0.3) is 0 Å². The van der Waals surface area contributed by atoms with Crippen LogP contribution in [0, 0.1) is 0 Å². The van der Waals surface area contributed by atoms with Gasteiger partial charge in [0.25, 0.3) is 5.91 Å². The van der Waals surface area contributed by atoms with Crippen molar-refractivity contribution in [3.8, 4) is 0 Å². The number of fused-ring (bicyclic) bond motifs is 1. The predicted octanol–water partition coefficient (Wildman–Crippen LogP) is 2.28. The molecule has 1 aromatic heterocycles. The highest BCUT2D eigenvalue weighted by atomic mass is 32.2. The van der Waals surface area contributed by atoms with Crippen LogP contribution >= 0.6 is 11.3 Å². The Morgan fingerprint density at radius 3 is 2.62 bits per heavy atom. The lowest BCUT2D eigenvalue weighted by Gasteiger charge is -2.32. The van der Waals surface area contributed by atoms with Gasteiger partial charge in [-0.2, -0.15) is 4.31 Å². The van der Waals surface area contributed by atoms with Crippen LogP contribution in [-0.4, -0.2) is 61.8 Å². The second-order valence-electron chi connectivity index (χ2n) is 7.55.